The Kier molecular flexibility index (Phi) is 4.79. The van der Waals surface area contributed by atoms with Crippen molar-refractivity contribution in [2.24, 2.45) is 34.5 Å². The first kappa shape index (κ1) is 21.9. The molecule has 0 unspecified atom stereocenters. The van der Waals surface area contributed by atoms with Gasteiger partial charge in [0.15, 0.2) is 17.2 Å². The zero-order valence-electron chi connectivity index (χ0n) is 20.2. The van der Waals surface area contributed by atoms with Crippen molar-refractivity contribution in [3.8, 4) is 0 Å². The molecule has 1 saturated heterocycles. The number of ketones is 1. The smallest absolute Gasteiger partial charge is 0.302 e. The Labute approximate surface area is 186 Å². The highest BCUT2D eigenvalue weighted by Gasteiger charge is 2.75. The molecule has 0 amide bonds. The van der Waals surface area contributed by atoms with E-state index in [4.69, 9.17) is 14.2 Å². The number of esters is 1. The molecule has 0 spiro atoms. The molecule has 9 atom stereocenters. The number of carbonyl (C=O) groups is 2. The Morgan fingerprint density at radius 1 is 0.903 bits per heavy atom. The maximum absolute atomic E-state index is 13.1. The molecular weight excluding hydrogens is 392 g/mol. The van der Waals surface area contributed by atoms with E-state index in [1.165, 1.54) is 19.8 Å². The summed E-state index contributed by atoms with van der Waals surface area (Å²) in [5, 5.41) is 0. The average molecular weight is 433 g/mol. The van der Waals surface area contributed by atoms with Crippen molar-refractivity contribution < 1.29 is 23.8 Å². The molecular formula is C26H40O5. The van der Waals surface area contributed by atoms with E-state index in [0.717, 1.165) is 38.5 Å². The van der Waals surface area contributed by atoms with Gasteiger partial charge in [-0.1, -0.05) is 13.8 Å². The quantitative estimate of drug-likeness (QED) is 0.572. The summed E-state index contributed by atoms with van der Waals surface area (Å²) in [6.45, 7) is 12.0. The molecule has 5 rings (SSSR count). The van der Waals surface area contributed by atoms with Crippen LogP contribution in [0.4, 0.5) is 0 Å². The molecule has 5 aliphatic rings. The van der Waals surface area contributed by atoms with Crippen molar-refractivity contribution in [3.05, 3.63) is 0 Å². The van der Waals surface area contributed by atoms with Crippen LogP contribution < -0.4 is 0 Å². The van der Waals surface area contributed by atoms with E-state index in [-0.39, 0.29) is 29.4 Å². The van der Waals surface area contributed by atoms with Crippen molar-refractivity contribution in [1.29, 1.82) is 0 Å². The Balaban J connectivity index is 1.43. The Bertz CT molecular complexity index is 791. The van der Waals surface area contributed by atoms with Gasteiger partial charge in [0.05, 0.1) is 6.10 Å². The second-order valence-electron chi connectivity index (χ2n) is 12.3. The summed E-state index contributed by atoms with van der Waals surface area (Å²) in [7, 11) is 0. The number of ether oxygens (including phenoxy) is 3. The van der Waals surface area contributed by atoms with Gasteiger partial charge in [-0.05, 0) is 101 Å². The zero-order chi connectivity index (χ0) is 22.4. The van der Waals surface area contributed by atoms with Crippen LogP contribution in [-0.2, 0) is 23.8 Å². The zero-order valence-corrected chi connectivity index (χ0v) is 20.2. The lowest BCUT2D eigenvalue weighted by Crippen LogP contribution is -2.60. The van der Waals surface area contributed by atoms with Gasteiger partial charge in [-0.2, -0.15) is 0 Å². The molecule has 4 saturated carbocycles. The highest BCUT2D eigenvalue weighted by atomic mass is 16.8. The first-order valence-electron chi connectivity index (χ1n) is 12.5. The first-order valence-corrected chi connectivity index (χ1v) is 12.5. The van der Waals surface area contributed by atoms with Crippen LogP contribution in [0.25, 0.3) is 0 Å². The summed E-state index contributed by atoms with van der Waals surface area (Å²) >= 11 is 0. The monoisotopic (exact) mass is 432 g/mol. The molecule has 5 heteroatoms. The van der Waals surface area contributed by atoms with E-state index in [1.807, 2.05) is 13.8 Å². The van der Waals surface area contributed by atoms with Crippen LogP contribution in [0.1, 0.15) is 92.9 Å². The van der Waals surface area contributed by atoms with E-state index in [0.29, 0.717) is 29.1 Å². The van der Waals surface area contributed by atoms with Gasteiger partial charge < -0.3 is 14.2 Å². The highest BCUT2D eigenvalue weighted by Crippen LogP contribution is 2.71. The molecule has 4 aliphatic carbocycles. The molecule has 5 fully saturated rings. The van der Waals surface area contributed by atoms with Crippen LogP contribution in [0, 0.1) is 34.5 Å². The second kappa shape index (κ2) is 6.79. The van der Waals surface area contributed by atoms with E-state index >= 15 is 0 Å². The number of rotatable bonds is 2. The van der Waals surface area contributed by atoms with Crippen LogP contribution in [0.2, 0.25) is 0 Å². The summed E-state index contributed by atoms with van der Waals surface area (Å²) < 4.78 is 18.5. The van der Waals surface area contributed by atoms with Gasteiger partial charge in [0, 0.05) is 12.3 Å². The largest absolute Gasteiger partial charge is 0.463 e. The molecule has 0 radical (unpaired) electrons. The van der Waals surface area contributed by atoms with Crippen molar-refractivity contribution in [2.75, 3.05) is 0 Å². The third kappa shape index (κ3) is 2.87. The fourth-order valence-electron chi connectivity index (χ4n) is 9.31. The van der Waals surface area contributed by atoms with E-state index in [2.05, 4.69) is 13.8 Å². The number of hydrogen-bond donors (Lipinski definition) is 0. The maximum atomic E-state index is 13.1. The van der Waals surface area contributed by atoms with Gasteiger partial charge >= 0.3 is 5.97 Å². The molecule has 0 aromatic heterocycles. The molecule has 0 aromatic carbocycles. The van der Waals surface area contributed by atoms with Gasteiger partial charge in [0.2, 0.25) is 0 Å². The fourth-order valence-corrected chi connectivity index (χ4v) is 9.31. The van der Waals surface area contributed by atoms with E-state index in [1.54, 1.807) is 6.92 Å². The summed E-state index contributed by atoms with van der Waals surface area (Å²) in [5.41, 5.74) is -0.642. The summed E-state index contributed by atoms with van der Waals surface area (Å²) in [4.78, 5) is 24.6. The van der Waals surface area contributed by atoms with Crippen molar-refractivity contribution >= 4 is 11.8 Å². The lowest BCUT2D eigenvalue weighted by atomic mass is 9.44. The molecule has 174 valence electrons. The van der Waals surface area contributed by atoms with Crippen LogP contribution in [0.5, 0.6) is 0 Å². The molecule has 1 aliphatic heterocycles. The third-order valence-corrected chi connectivity index (χ3v) is 10.5. The van der Waals surface area contributed by atoms with Gasteiger partial charge in [-0.3, -0.25) is 9.59 Å². The third-order valence-electron chi connectivity index (χ3n) is 10.5. The fraction of sp³-hybridized carbons (Fsp3) is 0.923. The minimum absolute atomic E-state index is 0.0943. The first-order chi connectivity index (χ1) is 14.4. The Hall–Kier alpha value is -0.940. The molecule has 0 aromatic rings. The van der Waals surface area contributed by atoms with Gasteiger partial charge in [-0.15, -0.1) is 0 Å². The number of carbonyl (C=O) groups excluding carboxylic acids is 2. The van der Waals surface area contributed by atoms with E-state index in [9.17, 15) is 9.59 Å². The summed E-state index contributed by atoms with van der Waals surface area (Å²) in [5.74, 6) is 1.71. The van der Waals surface area contributed by atoms with Crippen LogP contribution >= 0.6 is 0 Å². The average Bonchev–Trinajstić information content (AvgIpc) is 3.08. The predicted octanol–water partition coefficient (Wildman–Crippen LogP) is 5.05. The number of Topliss-reactive ketones (excluding diaryl/α,β-unsaturated/α-hetero) is 1. The van der Waals surface area contributed by atoms with Crippen molar-refractivity contribution in [1.82, 2.24) is 0 Å². The van der Waals surface area contributed by atoms with Gasteiger partial charge in [0.25, 0.3) is 0 Å². The maximum Gasteiger partial charge on any atom is 0.302 e. The highest BCUT2D eigenvalue weighted by molar-refractivity contribution is 5.88. The normalized spacial score (nSPS) is 52.5. The van der Waals surface area contributed by atoms with Crippen LogP contribution in [-0.4, -0.2) is 35.3 Å². The SMILES string of the molecule is CC(=O)O[C@H]1CC[C@@]2(C)[C@@H](CC[C@H]3[C@H]2CC[C@@]2(C)[C@H]3C[C@H]3OC(C)(C)O[C@@]32C(C)=O)C1. The Morgan fingerprint density at radius 2 is 1.65 bits per heavy atom. The lowest BCUT2D eigenvalue weighted by molar-refractivity contribution is -0.219. The second-order valence-corrected chi connectivity index (χ2v) is 12.3. The van der Waals surface area contributed by atoms with Gasteiger partial charge in [0.1, 0.15) is 6.10 Å². The standard InChI is InChI=1S/C26H40O5/c1-15(27)26-22(30-23(3,4)31-26)14-21-19-8-7-17-13-18(29-16(2)28)9-11-24(17,5)20(19)10-12-25(21,26)6/h17-22H,7-14H2,1-6H3/t17-,18-,19-,20+,21-,22+,24-,25-,26-/m0/s1. The van der Waals surface area contributed by atoms with Crippen LogP contribution in [0.3, 0.4) is 0 Å². The van der Waals surface area contributed by atoms with E-state index < -0.39 is 11.4 Å². The summed E-state index contributed by atoms with van der Waals surface area (Å²) in [6.07, 6.45) is 8.66. The predicted molar refractivity (Wildman–Crippen MR) is 116 cm³/mol. The Morgan fingerprint density at radius 3 is 2.32 bits per heavy atom. The molecule has 1 heterocycles. The topological polar surface area (TPSA) is 61.8 Å². The molecule has 31 heavy (non-hydrogen) atoms. The minimum atomic E-state index is -0.795. The van der Waals surface area contributed by atoms with Crippen molar-refractivity contribution in [2.45, 2.75) is 117 Å². The van der Waals surface area contributed by atoms with Gasteiger partial charge in [-0.25, -0.2) is 0 Å². The lowest BCUT2D eigenvalue weighted by Gasteiger charge is -2.61. The molecule has 0 N–H and O–H groups in total. The molecule has 5 nitrogen and oxygen atoms in total. The summed E-state index contributed by atoms with van der Waals surface area (Å²) in [6, 6.07) is 0. The minimum Gasteiger partial charge on any atom is -0.463 e. The van der Waals surface area contributed by atoms with Crippen LogP contribution in [0.15, 0.2) is 0 Å². The number of fused-ring (bicyclic) bond motifs is 7. The molecule has 0 bridgehead atoms. The van der Waals surface area contributed by atoms with Crippen molar-refractivity contribution in [3.63, 3.8) is 0 Å². The number of hydrogen-bond acceptors (Lipinski definition) is 5.